The van der Waals surface area contributed by atoms with Crippen LogP contribution < -0.4 is 10.1 Å². The number of rotatable bonds is 7. The number of ether oxygens (including phenoxy) is 2. The molecule has 0 radical (unpaired) electrons. The Hall–Kier alpha value is -1.36. The van der Waals surface area contributed by atoms with Crippen molar-refractivity contribution in [2.45, 2.75) is 33.7 Å². The van der Waals surface area contributed by atoms with E-state index in [1.165, 1.54) is 0 Å². The highest BCUT2D eigenvalue weighted by molar-refractivity contribution is 5.39. The molecule has 1 atom stereocenters. The number of anilines is 1. The van der Waals surface area contributed by atoms with Gasteiger partial charge in [-0.05, 0) is 27.7 Å². The summed E-state index contributed by atoms with van der Waals surface area (Å²) in [4.78, 5) is 8.49. The largest absolute Gasteiger partial charge is 0.478 e. The van der Waals surface area contributed by atoms with Crippen molar-refractivity contribution < 1.29 is 9.47 Å². The third kappa shape index (κ3) is 4.99. The Balaban J connectivity index is 2.63. The molecular formula is C12H21N3O2. The minimum atomic E-state index is 0.207. The third-order valence-electron chi connectivity index (χ3n) is 2.07. The lowest BCUT2D eigenvalue weighted by Crippen LogP contribution is -2.22. The summed E-state index contributed by atoms with van der Waals surface area (Å²) in [5.41, 5.74) is 0. The van der Waals surface area contributed by atoms with Crippen LogP contribution in [0.25, 0.3) is 0 Å². The van der Waals surface area contributed by atoms with Gasteiger partial charge < -0.3 is 14.8 Å². The summed E-state index contributed by atoms with van der Waals surface area (Å²) in [6.07, 6.45) is 0. The second-order valence-corrected chi connectivity index (χ2v) is 3.78. The molecule has 1 N–H and O–H groups in total. The zero-order chi connectivity index (χ0) is 12.7. The number of hydrogen-bond donors (Lipinski definition) is 1. The van der Waals surface area contributed by atoms with Crippen molar-refractivity contribution in [1.82, 2.24) is 9.97 Å². The van der Waals surface area contributed by atoms with Crippen molar-refractivity contribution in [3.63, 3.8) is 0 Å². The van der Waals surface area contributed by atoms with Crippen molar-refractivity contribution in [3.05, 3.63) is 11.9 Å². The highest BCUT2D eigenvalue weighted by atomic mass is 16.5. The molecule has 0 aliphatic carbocycles. The molecule has 1 heterocycles. The Kier molecular flexibility index (Phi) is 5.69. The molecule has 1 aromatic heterocycles. The quantitative estimate of drug-likeness (QED) is 0.789. The van der Waals surface area contributed by atoms with E-state index in [4.69, 9.17) is 9.47 Å². The van der Waals surface area contributed by atoms with Gasteiger partial charge in [0.15, 0.2) is 0 Å². The second kappa shape index (κ2) is 7.06. The van der Waals surface area contributed by atoms with Crippen LogP contribution in [0.15, 0.2) is 6.07 Å². The highest BCUT2D eigenvalue weighted by Crippen LogP contribution is 2.14. The molecule has 5 heteroatoms. The molecule has 1 rings (SSSR count). The molecule has 0 aliphatic heterocycles. The van der Waals surface area contributed by atoms with E-state index >= 15 is 0 Å². The second-order valence-electron chi connectivity index (χ2n) is 3.78. The van der Waals surface area contributed by atoms with Crippen molar-refractivity contribution in [1.29, 1.82) is 0 Å². The van der Waals surface area contributed by atoms with Gasteiger partial charge >= 0.3 is 0 Å². The van der Waals surface area contributed by atoms with Crippen LogP contribution in [0.1, 0.15) is 26.6 Å². The Morgan fingerprint density at radius 3 is 2.71 bits per heavy atom. The topological polar surface area (TPSA) is 56.3 Å². The van der Waals surface area contributed by atoms with Crippen molar-refractivity contribution in [2.75, 3.05) is 25.1 Å². The van der Waals surface area contributed by atoms with Gasteiger partial charge in [0.05, 0.1) is 13.2 Å². The van der Waals surface area contributed by atoms with E-state index in [1.807, 2.05) is 27.7 Å². The monoisotopic (exact) mass is 239 g/mol. The van der Waals surface area contributed by atoms with Crippen LogP contribution in [-0.4, -0.2) is 35.8 Å². The summed E-state index contributed by atoms with van der Waals surface area (Å²) in [6.45, 7) is 9.79. The SMILES string of the molecule is CCOCC(C)Nc1cc(OCC)nc(C)n1. The van der Waals surface area contributed by atoms with E-state index in [9.17, 15) is 0 Å². The maximum Gasteiger partial charge on any atom is 0.218 e. The third-order valence-corrected chi connectivity index (χ3v) is 2.07. The Morgan fingerprint density at radius 1 is 1.29 bits per heavy atom. The molecule has 0 bridgehead atoms. The molecule has 0 aliphatic rings. The van der Waals surface area contributed by atoms with Crippen LogP contribution in [0.2, 0.25) is 0 Å². The van der Waals surface area contributed by atoms with Gasteiger partial charge in [0.25, 0.3) is 0 Å². The van der Waals surface area contributed by atoms with Crippen molar-refractivity contribution in [2.24, 2.45) is 0 Å². The van der Waals surface area contributed by atoms with Gasteiger partial charge in [0, 0.05) is 18.7 Å². The molecule has 1 aromatic rings. The lowest BCUT2D eigenvalue weighted by Gasteiger charge is -2.15. The van der Waals surface area contributed by atoms with E-state index in [1.54, 1.807) is 6.07 Å². The highest BCUT2D eigenvalue weighted by Gasteiger charge is 2.06. The fraction of sp³-hybridized carbons (Fsp3) is 0.667. The molecule has 0 fully saturated rings. The van der Waals surface area contributed by atoms with E-state index < -0.39 is 0 Å². The predicted molar refractivity (Wildman–Crippen MR) is 67.5 cm³/mol. The van der Waals surface area contributed by atoms with Crippen LogP contribution in [0, 0.1) is 6.92 Å². The average Bonchev–Trinajstić information content (AvgIpc) is 2.26. The molecule has 96 valence electrons. The molecule has 17 heavy (non-hydrogen) atoms. The minimum Gasteiger partial charge on any atom is -0.478 e. The van der Waals surface area contributed by atoms with Crippen molar-refractivity contribution in [3.8, 4) is 5.88 Å². The first-order valence-electron chi connectivity index (χ1n) is 5.98. The van der Waals surface area contributed by atoms with E-state index in [0.717, 1.165) is 12.4 Å². The van der Waals surface area contributed by atoms with Crippen LogP contribution >= 0.6 is 0 Å². The first-order valence-corrected chi connectivity index (χ1v) is 5.98. The van der Waals surface area contributed by atoms with Crippen LogP contribution in [0.3, 0.4) is 0 Å². The van der Waals surface area contributed by atoms with Gasteiger partial charge in [-0.25, -0.2) is 4.98 Å². The molecular weight excluding hydrogens is 218 g/mol. The Bertz CT molecular complexity index is 345. The summed E-state index contributed by atoms with van der Waals surface area (Å²) < 4.78 is 10.7. The number of nitrogens with zero attached hydrogens (tertiary/aromatic N) is 2. The number of hydrogen-bond acceptors (Lipinski definition) is 5. The van der Waals surface area contributed by atoms with Crippen LogP contribution in [-0.2, 0) is 4.74 Å². The zero-order valence-corrected chi connectivity index (χ0v) is 11.0. The molecule has 0 spiro atoms. The summed E-state index contributed by atoms with van der Waals surface area (Å²) in [5, 5.41) is 3.26. The average molecular weight is 239 g/mol. The summed E-state index contributed by atoms with van der Waals surface area (Å²) >= 11 is 0. The van der Waals surface area contributed by atoms with Gasteiger partial charge in [-0.3, -0.25) is 0 Å². The maximum atomic E-state index is 5.37. The lowest BCUT2D eigenvalue weighted by atomic mass is 10.3. The summed E-state index contributed by atoms with van der Waals surface area (Å²) in [5.74, 6) is 2.07. The maximum absolute atomic E-state index is 5.37. The Morgan fingerprint density at radius 2 is 2.06 bits per heavy atom. The Labute approximate surface area is 103 Å². The predicted octanol–water partition coefficient (Wildman–Crippen LogP) is 2.02. The van der Waals surface area contributed by atoms with Gasteiger partial charge in [-0.1, -0.05) is 0 Å². The zero-order valence-electron chi connectivity index (χ0n) is 11.0. The smallest absolute Gasteiger partial charge is 0.218 e. The lowest BCUT2D eigenvalue weighted by molar-refractivity contribution is 0.141. The van der Waals surface area contributed by atoms with Crippen LogP contribution in [0.5, 0.6) is 5.88 Å². The van der Waals surface area contributed by atoms with Gasteiger partial charge in [0.1, 0.15) is 11.6 Å². The number of aromatic nitrogens is 2. The van der Waals surface area contributed by atoms with Crippen LogP contribution in [0.4, 0.5) is 5.82 Å². The van der Waals surface area contributed by atoms with Gasteiger partial charge in [0.2, 0.25) is 5.88 Å². The molecule has 0 aromatic carbocycles. The number of aryl methyl sites for hydroxylation is 1. The van der Waals surface area contributed by atoms with Crippen molar-refractivity contribution >= 4 is 5.82 Å². The fourth-order valence-electron chi connectivity index (χ4n) is 1.42. The minimum absolute atomic E-state index is 0.207. The molecule has 0 amide bonds. The van der Waals surface area contributed by atoms with Gasteiger partial charge in [-0.2, -0.15) is 4.98 Å². The summed E-state index contributed by atoms with van der Waals surface area (Å²) in [7, 11) is 0. The van der Waals surface area contributed by atoms with E-state index in [0.29, 0.717) is 24.9 Å². The van der Waals surface area contributed by atoms with E-state index in [2.05, 4.69) is 15.3 Å². The molecule has 5 nitrogen and oxygen atoms in total. The number of nitrogens with one attached hydrogen (secondary N) is 1. The van der Waals surface area contributed by atoms with Gasteiger partial charge in [-0.15, -0.1) is 0 Å². The fourth-order valence-corrected chi connectivity index (χ4v) is 1.42. The summed E-state index contributed by atoms with van der Waals surface area (Å²) in [6, 6.07) is 2.01. The first-order chi connectivity index (χ1) is 8.15. The first kappa shape index (κ1) is 13.7. The molecule has 0 saturated carbocycles. The van der Waals surface area contributed by atoms with E-state index in [-0.39, 0.29) is 6.04 Å². The standard InChI is InChI=1S/C12H21N3O2/c1-5-16-8-9(3)13-11-7-12(17-6-2)15-10(4)14-11/h7,9H,5-6,8H2,1-4H3,(H,13,14,15). The normalized spacial score (nSPS) is 12.2. The molecule has 1 unspecified atom stereocenters. The molecule has 0 saturated heterocycles.